The molecular formula is C12H14Cl2O. The summed E-state index contributed by atoms with van der Waals surface area (Å²) in [6.45, 7) is 5.88. The van der Waals surface area contributed by atoms with E-state index in [9.17, 15) is 4.79 Å². The summed E-state index contributed by atoms with van der Waals surface area (Å²) >= 11 is 11.2. The Hall–Kier alpha value is -0.530. The molecule has 0 spiro atoms. The lowest BCUT2D eigenvalue weighted by atomic mass is 9.95. The van der Waals surface area contributed by atoms with Gasteiger partial charge in [0.25, 0.3) is 0 Å². The number of hydrogen-bond acceptors (Lipinski definition) is 1. The third-order valence-corrected chi connectivity index (χ3v) is 2.60. The van der Waals surface area contributed by atoms with E-state index in [4.69, 9.17) is 23.2 Å². The fraction of sp³-hybridized carbons (Fsp3) is 0.417. The lowest BCUT2D eigenvalue weighted by Gasteiger charge is -2.10. The number of alkyl halides is 2. The van der Waals surface area contributed by atoms with Crippen molar-refractivity contribution in [1.82, 2.24) is 0 Å². The van der Waals surface area contributed by atoms with Crippen molar-refractivity contribution in [1.29, 1.82) is 0 Å². The van der Waals surface area contributed by atoms with Gasteiger partial charge in [0.1, 0.15) is 4.84 Å². The number of halogens is 2. The predicted octanol–water partition coefficient (Wildman–Crippen LogP) is 3.99. The van der Waals surface area contributed by atoms with Crippen molar-refractivity contribution in [2.24, 2.45) is 0 Å². The molecule has 0 radical (unpaired) electrons. The monoisotopic (exact) mass is 244 g/mol. The normalized spacial score (nSPS) is 10.8. The molecule has 0 unspecified atom stereocenters. The van der Waals surface area contributed by atoms with E-state index in [2.05, 4.69) is 0 Å². The van der Waals surface area contributed by atoms with E-state index in [0.29, 0.717) is 0 Å². The van der Waals surface area contributed by atoms with E-state index >= 15 is 0 Å². The van der Waals surface area contributed by atoms with Crippen LogP contribution in [0.3, 0.4) is 0 Å². The van der Waals surface area contributed by atoms with Crippen molar-refractivity contribution in [3.8, 4) is 0 Å². The molecule has 0 fully saturated rings. The van der Waals surface area contributed by atoms with Crippen LogP contribution in [0, 0.1) is 20.8 Å². The standard InChI is InChI=1S/C12H14Cl2O/c1-7-4-8(2)12(9(3)5-7)10(15)6-11(13)14/h4-5,11H,6H2,1-3H3. The Bertz CT molecular complexity index is 360. The molecule has 1 rings (SSSR count). The molecule has 0 aliphatic carbocycles. The van der Waals surface area contributed by atoms with E-state index in [0.717, 1.165) is 22.3 Å². The van der Waals surface area contributed by atoms with E-state index in [1.807, 2.05) is 32.9 Å². The van der Waals surface area contributed by atoms with Gasteiger partial charge in [-0.2, -0.15) is 0 Å². The summed E-state index contributed by atoms with van der Waals surface area (Å²) < 4.78 is 0. The number of ketones is 1. The highest BCUT2D eigenvalue weighted by Gasteiger charge is 2.15. The van der Waals surface area contributed by atoms with Gasteiger partial charge in [-0.3, -0.25) is 4.79 Å². The highest BCUT2D eigenvalue weighted by molar-refractivity contribution is 6.45. The van der Waals surface area contributed by atoms with Crippen molar-refractivity contribution in [3.63, 3.8) is 0 Å². The second-order valence-electron chi connectivity index (χ2n) is 3.79. The SMILES string of the molecule is Cc1cc(C)c(C(=O)CC(Cl)Cl)c(C)c1. The lowest BCUT2D eigenvalue weighted by Crippen LogP contribution is -2.08. The number of carbonyl (C=O) groups is 1. The maximum Gasteiger partial charge on any atom is 0.166 e. The third kappa shape index (κ3) is 3.22. The lowest BCUT2D eigenvalue weighted by molar-refractivity contribution is 0.0985. The molecule has 0 saturated heterocycles. The Morgan fingerprint density at radius 1 is 1.20 bits per heavy atom. The summed E-state index contributed by atoms with van der Waals surface area (Å²) in [6, 6.07) is 4.00. The summed E-state index contributed by atoms with van der Waals surface area (Å²) in [7, 11) is 0. The van der Waals surface area contributed by atoms with Gasteiger partial charge < -0.3 is 0 Å². The second-order valence-corrected chi connectivity index (χ2v) is 5.07. The minimum atomic E-state index is -0.627. The average Bonchev–Trinajstić information content (AvgIpc) is 1.99. The summed E-state index contributed by atoms with van der Waals surface area (Å²) in [5.41, 5.74) is 3.90. The van der Waals surface area contributed by atoms with Crippen LogP contribution in [0.5, 0.6) is 0 Å². The molecule has 82 valence electrons. The van der Waals surface area contributed by atoms with Crippen molar-refractivity contribution in [2.45, 2.75) is 32.0 Å². The molecule has 0 amide bonds. The quantitative estimate of drug-likeness (QED) is 0.581. The second kappa shape index (κ2) is 5.00. The average molecular weight is 245 g/mol. The van der Waals surface area contributed by atoms with E-state index in [1.54, 1.807) is 0 Å². The first-order valence-corrected chi connectivity index (χ1v) is 5.68. The van der Waals surface area contributed by atoms with E-state index in [1.165, 1.54) is 0 Å². The Balaban J connectivity index is 3.09. The molecule has 0 bridgehead atoms. The Morgan fingerprint density at radius 2 is 1.67 bits per heavy atom. The maximum atomic E-state index is 11.8. The highest BCUT2D eigenvalue weighted by Crippen LogP contribution is 2.20. The molecule has 0 aliphatic rings. The number of benzene rings is 1. The predicted molar refractivity (Wildman–Crippen MR) is 65.1 cm³/mol. The van der Waals surface area contributed by atoms with Gasteiger partial charge in [-0.1, -0.05) is 17.7 Å². The molecule has 3 heteroatoms. The van der Waals surface area contributed by atoms with Gasteiger partial charge >= 0.3 is 0 Å². The zero-order chi connectivity index (χ0) is 11.6. The molecule has 0 N–H and O–H groups in total. The fourth-order valence-electron chi connectivity index (χ4n) is 1.86. The molecule has 1 nitrogen and oxygen atoms in total. The van der Waals surface area contributed by atoms with Crippen LogP contribution in [0.25, 0.3) is 0 Å². The van der Waals surface area contributed by atoms with Crippen LogP contribution in [-0.2, 0) is 0 Å². The first-order chi connectivity index (χ1) is 6.91. The minimum absolute atomic E-state index is 0.0139. The summed E-state index contributed by atoms with van der Waals surface area (Å²) in [5.74, 6) is 0.0139. The molecule has 0 aliphatic heterocycles. The number of carbonyl (C=O) groups excluding carboxylic acids is 1. The van der Waals surface area contributed by atoms with Gasteiger partial charge in [-0.15, -0.1) is 23.2 Å². The van der Waals surface area contributed by atoms with Crippen molar-refractivity contribution in [3.05, 3.63) is 34.4 Å². The highest BCUT2D eigenvalue weighted by atomic mass is 35.5. The zero-order valence-electron chi connectivity index (χ0n) is 9.10. The summed E-state index contributed by atoms with van der Waals surface area (Å²) in [5, 5.41) is 0. The topological polar surface area (TPSA) is 17.1 Å². The number of rotatable bonds is 3. The van der Waals surface area contributed by atoms with Crippen LogP contribution in [0.4, 0.5) is 0 Å². The van der Waals surface area contributed by atoms with Gasteiger partial charge in [0.15, 0.2) is 5.78 Å². The van der Waals surface area contributed by atoms with E-state index < -0.39 is 4.84 Å². The smallest absolute Gasteiger partial charge is 0.166 e. The molecular weight excluding hydrogens is 231 g/mol. The van der Waals surface area contributed by atoms with Crippen molar-refractivity contribution in [2.75, 3.05) is 0 Å². The molecule has 1 aromatic carbocycles. The molecule has 0 saturated carbocycles. The van der Waals surface area contributed by atoms with E-state index in [-0.39, 0.29) is 12.2 Å². The third-order valence-electron chi connectivity index (χ3n) is 2.30. The van der Waals surface area contributed by atoms with Crippen LogP contribution in [0.2, 0.25) is 0 Å². The van der Waals surface area contributed by atoms with Gasteiger partial charge in [-0.25, -0.2) is 0 Å². The molecule has 1 aromatic rings. The largest absolute Gasteiger partial charge is 0.294 e. The summed E-state index contributed by atoms with van der Waals surface area (Å²) in [4.78, 5) is 11.2. The molecule has 0 atom stereocenters. The van der Waals surface area contributed by atoms with Crippen LogP contribution in [0.15, 0.2) is 12.1 Å². The number of Topliss-reactive ketones (excluding diaryl/α,β-unsaturated/α-hetero) is 1. The van der Waals surface area contributed by atoms with Gasteiger partial charge in [0, 0.05) is 12.0 Å². The van der Waals surface area contributed by atoms with Crippen LogP contribution >= 0.6 is 23.2 Å². The van der Waals surface area contributed by atoms with Crippen LogP contribution in [0.1, 0.15) is 33.5 Å². The summed E-state index contributed by atoms with van der Waals surface area (Å²) in [6.07, 6.45) is 0.174. The Labute approximate surface area is 100 Å². The molecule has 0 aromatic heterocycles. The molecule has 0 heterocycles. The van der Waals surface area contributed by atoms with Gasteiger partial charge in [0.05, 0.1) is 0 Å². The maximum absolute atomic E-state index is 11.8. The fourth-order valence-corrected chi connectivity index (χ4v) is 2.14. The Kier molecular flexibility index (Phi) is 4.18. The minimum Gasteiger partial charge on any atom is -0.294 e. The first kappa shape index (κ1) is 12.5. The van der Waals surface area contributed by atoms with Gasteiger partial charge in [0.2, 0.25) is 0 Å². The van der Waals surface area contributed by atoms with Crippen molar-refractivity contribution >= 4 is 29.0 Å². The first-order valence-electron chi connectivity index (χ1n) is 4.81. The number of hydrogen-bond donors (Lipinski definition) is 0. The van der Waals surface area contributed by atoms with Crippen LogP contribution < -0.4 is 0 Å². The zero-order valence-corrected chi connectivity index (χ0v) is 10.6. The van der Waals surface area contributed by atoms with Crippen LogP contribution in [-0.4, -0.2) is 10.6 Å². The number of aryl methyl sites for hydroxylation is 3. The Morgan fingerprint density at radius 3 is 2.07 bits per heavy atom. The van der Waals surface area contributed by atoms with Crippen molar-refractivity contribution < 1.29 is 4.79 Å². The molecule has 15 heavy (non-hydrogen) atoms. The van der Waals surface area contributed by atoms with Gasteiger partial charge in [-0.05, 0) is 31.9 Å².